The van der Waals surface area contributed by atoms with E-state index in [1.165, 1.54) is 87.9 Å². The van der Waals surface area contributed by atoms with Crippen molar-refractivity contribution in [2.45, 2.75) is 57.9 Å². The summed E-state index contributed by atoms with van der Waals surface area (Å²) < 4.78 is 0. The van der Waals surface area contributed by atoms with E-state index in [-0.39, 0.29) is 5.54 Å². The van der Waals surface area contributed by atoms with Crippen molar-refractivity contribution in [2.75, 3.05) is 0 Å². The summed E-state index contributed by atoms with van der Waals surface area (Å²) in [6.07, 6.45) is 12.7. The molecule has 1 aliphatic carbocycles. The van der Waals surface area contributed by atoms with Gasteiger partial charge in [-0.05, 0) is 127 Å². The van der Waals surface area contributed by atoms with Gasteiger partial charge in [-0.2, -0.15) is 0 Å². The molecule has 0 fully saturated rings. The molecule has 69 heavy (non-hydrogen) atoms. The van der Waals surface area contributed by atoms with Gasteiger partial charge in [-0.3, -0.25) is 0 Å². The molecule has 0 nitrogen and oxygen atoms in total. The lowest BCUT2D eigenvalue weighted by molar-refractivity contribution is 0.748. The highest BCUT2D eigenvalue weighted by atomic mass is 28.3. The standard InChI is InChI=1S/C68H62Si/c1-51(2)67-34-21-35-68(67)69(64-45-58(36-52-22-9-3-10-23-52)42-59(46-64)37-53-24-11-4-12-25-53,65-47-60(38-54-26-13-5-14-27-54)43-61(48-65)39-55-28-15-6-16-29-55)66-49-62(40-56-30-17-7-18-31-56)44-63(50-66)41-57-32-19-8-20-33-57/h3-35,42-51,68H,36-41H2,1-2H3. The van der Waals surface area contributed by atoms with Crippen LogP contribution in [-0.4, -0.2) is 8.07 Å². The minimum Gasteiger partial charge on any atom is -0.0790 e. The molecule has 10 rings (SSSR count). The zero-order valence-electron chi connectivity index (χ0n) is 40.1. The summed E-state index contributed by atoms with van der Waals surface area (Å²) >= 11 is 0. The van der Waals surface area contributed by atoms with E-state index < -0.39 is 8.07 Å². The first-order chi connectivity index (χ1) is 33.9. The maximum Gasteiger partial charge on any atom is 0.159 e. The summed E-state index contributed by atoms with van der Waals surface area (Å²) in [7, 11) is -3.16. The molecule has 0 N–H and O–H groups in total. The van der Waals surface area contributed by atoms with Crippen LogP contribution in [0.5, 0.6) is 0 Å². The van der Waals surface area contributed by atoms with Gasteiger partial charge in [-0.15, -0.1) is 0 Å². The molecule has 0 heterocycles. The van der Waals surface area contributed by atoms with Crippen molar-refractivity contribution in [1.82, 2.24) is 0 Å². The Kier molecular flexibility index (Phi) is 14.0. The van der Waals surface area contributed by atoms with Gasteiger partial charge in [0.2, 0.25) is 0 Å². The highest BCUT2D eigenvalue weighted by Crippen LogP contribution is 2.40. The van der Waals surface area contributed by atoms with Crippen LogP contribution in [0.15, 0.2) is 260 Å². The van der Waals surface area contributed by atoms with Crippen LogP contribution in [0.3, 0.4) is 0 Å². The quantitative estimate of drug-likeness (QED) is 0.0631. The lowest BCUT2D eigenvalue weighted by atomic mass is 9.98. The van der Waals surface area contributed by atoms with Crippen molar-refractivity contribution in [3.05, 3.63) is 327 Å². The Bertz CT molecular complexity index is 2660. The molecule has 0 saturated carbocycles. The van der Waals surface area contributed by atoms with Crippen molar-refractivity contribution < 1.29 is 0 Å². The van der Waals surface area contributed by atoms with Gasteiger partial charge in [0.1, 0.15) is 0 Å². The van der Waals surface area contributed by atoms with Crippen LogP contribution in [0.2, 0.25) is 5.54 Å². The summed E-state index contributed by atoms with van der Waals surface area (Å²) in [6, 6.07) is 90.0. The van der Waals surface area contributed by atoms with Gasteiger partial charge in [0, 0.05) is 5.54 Å². The summed E-state index contributed by atoms with van der Waals surface area (Å²) in [4.78, 5) is 0. The Morgan fingerprint density at radius 2 is 0.536 bits per heavy atom. The Morgan fingerprint density at radius 3 is 0.754 bits per heavy atom. The smallest absolute Gasteiger partial charge is 0.0790 e. The summed E-state index contributed by atoms with van der Waals surface area (Å²) in [5.41, 5.74) is 17.9. The first kappa shape index (κ1) is 45.5. The van der Waals surface area contributed by atoms with E-state index in [0.29, 0.717) is 5.92 Å². The largest absolute Gasteiger partial charge is 0.159 e. The number of benzene rings is 9. The molecule has 1 atom stereocenters. The van der Waals surface area contributed by atoms with Crippen molar-refractivity contribution >= 4 is 23.6 Å². The fraction of sp³-hybridized carbons (Fsp3) is 0.147. The van der Waals surface area contributed by atoms with Crippen LogP contribution in [0.1, 0.15) is 80.6 Å². The van der Waals surface area contributed by atoms with E-state index in [9.17, 15) is 0 Å². The number of hydrogen-bond acceptors (Lipinski definition) is 0. The molecule has 9 aromatic carbocycles. The Morgan fingerprint density at radius 1 is 0.304 bits per heavy atom. The molecular formula is C68H62Si. The van der Waals surface area contributed by atoms with Gasteiger partial charge in [0.15, 0.2) is 8.07 Å². The molecule has 1 heteroatoms. The second-order valence-electron chi connectivity index (χ2n) is 19.6. The second kappa shape index (κ2) is 21.3. The van der Waals surface area contributed by atoms with Crippen LogP contribution >= 0.6 is 0 Å². The average molecular weight is 907 g/mol. The van der Waals surface area contributed by atoms with Crippen molar-refractivity contribution in [3.8, 4) is 0 Å². The maximum atomic E-state index is 2.65. The zero-order chi connectivity index (χ0) is 46.8. The SMILES string of the molecule is CC(C)C1=CC=CC1[Si](c1cc(Cc2ccccc2)cc(Cc2ccccc2)c1)(c1cc(Cc2ccccc2)cc(Cc2ccccc2)c1)c1cc(Cc2ccccc2)cc(Cc2ccccc2)c1. The number of allylic oxidation sites excluding steroid dienone is 4. The van der Waals surface area contributed by atoms with E-state index in [1.54, 1.807) is 0 Å². The molecule has 0 saturated heterocycles. The maximum absolute atomic E-state index is 3.16. The van der Waals surface area contributed by atoms with Gasteiger partial charge in [-0.1, -0.05) is 274 Å². The van der Waals surface area contributed by atoms with Crippen LogP contribution in [0, 0.1) is 5.92 Å². The fourth-order valence-corrected chi connectivity index (χ4v) is 16.9. The van der Waals surface area contributed by atoms with E-state index in [1.807, 2.05) is 0 Å². The highest BCUT2D eigenvalue weighted by Gasteiger charge is 2.49. The van der Waals surface area contributed by atoms with E-state index in [4.69, 9.17) is 0 Å². The Labute approximate surface area is 412 Å². The molecule has 0 amide bonds. The van der Waals surface area contributed by atoms with Crippen LogP contribution < -0.4 is 15.6 Å². The molecule has 0 bridgehead atoms. The van der Waals surface area contributed by atoms with Gasteiger partial charge < -0.3 is 0 Å². The monoisotopic (exact) mass is 906 g/mol. The minimum atomic E-state index is -3.16. The van der Waals surface area contributed by atoms with Crippen LogP contribution in [-0.2, 0) is 38.5 Å². The second-order valence-corrected chi connectivity index (χ2v) is 23.6. The highest BCUT2D eigenvalue weighted by molar-refractivity contribution is 7.13. The third kappa shape index (κ3) is 10.9. The Balaban J connectivity index is 1.31. The number of rotatable bonds is 17. The third-order valence-electron chi connectivity index (χ3n) is 14.1. The average Bonchev–Trinajstić information content (AvgIpc) is 3.87. The predicted octanol–water partition coefficient (Wildman–Crippen LogP) is 14.2. The zero-order valence-corrected chi connectivity index (χ0v) is 41.1. The van der Waals surface area contributed by atoms with Gasteiger partial charge in [0.25, 0.3) is 0 Å². The van der Waals surface area contributed by atoms with Crippen molar-refractivity contribution in [1.29, 1.82) is 0 Å². The summed E-state index contributed by atoms with van der Waals surface area (Å²) in [5.74, 6) is 0.362. The molecule has 1 unspecified atom stereocenters. The van der Waals surface area contributed by atoms with Crippen LogP contribution in [0.25, 0.3) is 0 Å². The molecule has 0 radical (unpaired) electrons. The van der Waals surface area contributed by atoms with Crippen LogP contribution in [0.4, 0.5) is 0 Å². The first-order valence-electron chi connectivity index (χ1n) is 25.0. The lowest BCUT2D eigenvalue weighted by Crippen LogP contribution is -2.70. The molecule has 0 aromatic heterocycles. The predicted molar refractivity (Wildman–Crippen MR) is 295 cm³/mol. The summed E-state index contributed by atoms with van der Waals surface area (Å²) in [6.45, 7) is 4.83. The molecule has 0 aliphatic heterocycles. The van der Waals surface area contributed by atoms with Gasteiger partial charge in [0.05, 0.1) is 0 Å². The van der Waals surface area contributed by atoms with Crippen molar-refractivity contribution in [2.24, 2.45) is 5.92 Å². The molecule has 9 aromatic rings. The van der Waals surface area contributed by atoms with Gasteiger partial charge >= 0.3 is 0 Å². The van der Waals surface area contributed by atoms with E-state index in [2.05, 4.69) is 269 Å². The minimum absolute atomic E-state index is 0.183. The molecule has 338 valence electrons. The first-order valence-corrected chi connectivity index (χ1v) is 27.0. The van der Waals surface area contributed by atoms with Crippen molar-refractivity contribution in [3.63, 3.8) is 0 Å². The third-order valence-corrected chi connectivity index (χ3v) is 19.2. The normalized spacial score (nSPS) is 13.4. The fourth-order valence-electron chi connectivity index (χ4n) is 11.0. The molecule has 0 spiro atoms. The lowest BCUT2D eigenvalue weighted by Gasteiger charge is -2.42. The topological polar surface area (TPSA) is 0 Å². The Hall–Kier alpha value is -7.32. The van der Waals surface area contributed by atoms with E-state index >= 15 is 0 Å². The molecule has 1 aliphatic rings. The number of hydrogen-bond donors (Lipinski definition) is 0. The summed E-state index contributed by atoms with van der Waals surface area (Å²) in [5, 5.41) is 4.44. The van der Waals surface area contributed by atoms with Gasteiger partial charge in [-0.25, -0.2) is 0 Å². The molecular weight excluding hydrogens is 845 g/mol. The van der Waals surface area contributed by atoms with E-state index in [0.717, 1.165) is 38.5 Å².